The molecule has 2 N–H and O–H groups in total. The van der Waals surface area contributed by atoms with Crippen molar-refractivity contribution in [1.29, 1.82) is 5.26 Å². The van der Waals surface area contributed by atoms with Gasteiger partial charge in [-0.1, -0.05) is 96.2 Å². The summed E-state index contributed by atoms with van der Waals surface area (Å²) in [6.45, 7) is 0.0641. The van der Waals surface area contributed by atoms with Crippen LogP contribution in [0.15, 0.2) is 102 Å². The van der Waals surface area contributed by atoms with Crippen molar-refractivity contribution in [2.45, 2.75) is 18.4 Å². The highest BCUT2D eigenvalue weighted by atomic mass is 32.1. The van der Waals surface area contributed by atoms with Gasteiger partial charge in [0, 0.05) is 5.38 Å². The average molecular weight is 509 g/mol. The normalized spacial score (nSPS) is 14.4. The topological polar surface area (TPSA) is 108 Å². The molecule has 3 aromatic carbocycles. The van der Waals surface area contributed by atoms with Crippen LogP contribution in [0.2, 0.25) is 0 Å². The Balaban J connectivity index is 1.54. The molecule has 37 heavy (non-hydrogen) atoms. The van der Waals surface area contributed by atoms with Gasteiger partial charge in [-0.25, -0.2) is 9.78 Å². The van der Waals surface area contributed by atoms with Gasteiger partial charge in [0.1, 0.15) is 17.8 Å². The van der Waals surface area contributed by atoms with Crippen molar-refractivity contribution in [2.24, 2.45) is 10.6 Å². The summed E-state index contributed by atoms with van der Waals surface area (Å²) < 4.78 is 0. The summed E-state index contributed by atoms with van der Waals surface area (Å²) in [6.07, 6.45) is 1.46. The number of aliphatic carboxylic acids is 1. The molecule has 0 unspecified atom stereocenters. The molecule has 1 aliphatic rings. The van der Waals surface area contributed by atoms with Gasteiger partial charge in [-0.2, -0.15) is 5.26 Å². The van der Waals surface area contributed by atoms with Gasteiger partial charge < -0.3 is 15.3 Å². The van der Waals surface area contributed by atoms with E-state index in [4.69, 9.17) is 4.84 Å². The molecule has 1 fully saturated rings. The molecular weight excluding hydrogens is 484 g/mol. The maximum absolute atomic E-state index is 12.0. The fourth-order valence-corrected chi connectivity index (χ4v) is 4.99. The minimum absolute atomic E-state index is 0.0641. The minimum Gasteiger partial charge on any atom is -0.476 e. The lowest BCUT2D eigenvalue weighted by molar-refractivity contribution is -0.129. The number of hydrogen-bond acceptors (Lipinski definition) is 7. The Kier molecular flexibility index (Phi) is 6.71. The van der Waals surface area contributed by atoms with Crippen LogP contribution in [0.4, 0.5) is 5.13 Å². The lowest BCUT2D eigenvalue weighted by Crippen LogP contribution is -2.38. The van der Waals surface area contributed by atoms with Crippen molar-refractivity contribution in [2.75, 3.05) is 11.9 Å². The van der Waals surface area contributed by atoms with Crippen LogP contribution in [-0.2, 0) is 15.2 Å². The number of nitrogens with one attached hydrogen (secondary N) is 1. The number of benzene rings is 3. The van der Waals surface area contributed by atoms with Crippen molar-refractivity contribution in [3.05, 3.63) is 119 Å². The fourth-order valence-electron chi connectivity index (χ4n) is 4.24. The summed E-state index contributed by atoms with van der Waals surface area (Å²) in [4.78, 5) is 21.8. The Morgan fingerprint density at radius 3 is 1.95 bits per heavy atom. The number of hydrogen-bond donors (Lipinski definition) is 2. The first-order valence-corrected chi connectivity index (χ1v) is 12.7. The summed E-state index contributed by atoms with van der Waals surface area (Å²) in [5, 5.41) is 28.6. The molecule has 5 rings (SSSR count). The number of oxime groups is 1. The van der Waals surface area contributed by atoms with E-state index in [2.05, 4.69) is 57.9 Å². The van der Waals surface area contributed by atoms with Gasteiger partial charge in [0.15, 0.2) is 5.13 Å². The first-order chi connectivity index (χ1) is 18.1. The van der Waals surface area contributed by atoms with E-state index in [9.17, 15) is 15.2 Å². The van der Waals surface area contributed by atoms with Crippen LogP contribution < -0.4 is 5.32 Å². The van der Waals surface area contributed by atoms with Crippen LogP contribution in [0.5, 0.6) is 0 Å². The molecule has 0 saturated heterocycles. The van der Waals surface area contributed by atoms with Crippen LogP contribution in [-0.4, -0.2) is 28.4 Å². The molecule has 1 saturated carbocycles. The number of nitrogens with zero attached hydrogens (tertiary/aromatic N) is 3. The monoisotopic (exact) mass is 508 g/mol. The van der Waals surface area contributed by atoms with E-state index < -0.39 is 16.9 Å². The number of anilines is 1. The van der Waals surface area contributed by atoms with Crippen molar-refractivity contribution in [3.63, 3.8) is 0 Å². The Bertz CT molecular complexity index is 1350. The van der Waals surface area contributed by atoms with Crippen LogP contribution in [0.3, 0.4) is 0 Å². The highest BCUT2D eigenvalue weighted by Gasteiger charge is 2.44. The van der Waals surface area contributed by atoms with E-state index in [1.807, 2.05) is 54.6 Å². The number of rotatable bonds is 10. The Hall–Kier alpha value is -4.48. The predicted octanol–water partition coefficient (Wildman–Crippen LogP) is 5.66. The summed E-state index contributed by atoms with van der Waals surface area (Å²) in [5.41, 5.74) is 1.55. The van der Waals surface area contributed by atoms with E-state index in [0.717, 1.165) is 29.5 Å². The van der Waals surface area contributed by atoms with Gasteiger partial charge in [0.25, 0.3) is 0 Å². The van der Waals surface area contributed by atoms with E-state index >= 15 is 0 Å². The number of carboxylic acids is 1. The SMILES string of the molecule is N#CC1(CON=C(C(=O)O)c2csc(NC(c3ccccc3)(c3ccccc3)c3ccccc3)n2)CC1. The average Bonchev–Trinajstić information content (AvgIpc) is 3.59. The number of carbonyl (C=O) groups is 1. The lowest BCUT2D eigenvalue weighted by atomic mass is 9.77. The molecule has 0 aliphatic heterocycles. The predicted molar refractivity (Wildman–Crippen MR) is 142 cm³/mol. The summed E-state index contributed by atoms with van der Waals surface area (Å²) in [6, 6.07) is 32.4. The Labute approximate surface area is 218 Å². The quantitative estimate of drug-likeness (QED) is 0.163. The second-order valence-electron chi connectivity index (χ2n) is 8.92. The number of thiazole rings is 1. The molecular formula is C29H24N4O3S. The molecule has 0 spiro atoms. The van der Waals surface area contributed by atoms with Gasteiger partial charge in [-0.05, 0) is 29.5 Å². The van der Waals surface area contributed by atoms with Gasteiger partial charge in [0.05, 0.1) is 11.5 Å². The highest BCUT2D eigenvalue weighted by Crippen LogP contribution is 2.45. The maximum Gasteiger partial charge on any atom is 0.360 e. The molecule has 1 aliphatic carbocycles. The maximum atomic E-state index is 12.0. The van der Waals surface area contributed by atoms with Gasteiger partial charge in [0.2, 0.25) is 5.71 Å². The fraction of sp³-hybridized carbons (Fsp3) is 0.172. The zero-order chi connectivity index (χ0) is 25.7. The molecule has 0 bridgehead atoms. The van der Waals surface area contributed by atoms with Crippen molar-refractivity contribution in [1.82, 2.24) is 4.98 Å². The van der Waals surface area contributed by atoms with Crippen LogP contribution in [0.25, 0.3) is 0 Å². The first-order valence-electron chi connectivity index (χ1n) is 11.8. The third-order valence-corrected chi connectivity index (χ3v) is 7.21. The number of aromatic nitrogens is 1. The zero-order valence-electron chi connectivity index (χ0n) is 19.9. The summed E-state index contributed by atoms with van der Waals surface area (Å²) in [7, 11) is 0. The highest BCUT2D eigenvalue weighted by molar-refractivity contribution is 7.14. The van der Waals surface area contributed by atoms with Crippen LogP contribution >= 0.6 is 11.3 Å². The van der Waals surface area contributed by atoms with Crippen molar-refractivity contribution < 1.29 is 14.7 Å². The standard InChI is InChI=1S/C29H24N4O3S/c30-19-28(16-17-28)20-36-33-25(26(34)35)24-18-37-27(31-24)32-29(21-10-4-1-5-11-21,22-12-6-2-7-13-22)23-14-8-3-9-15-23/h1-15,18H,16-17,20H2,(H,31,32)(H,34,35). The molecule has 8 heteroatoms. The van der Waals surface area contributed by atoms with Crippen LogP contribution in [0.1, 0.15) is 35.2 Å². The molecule has 184 valence electrons. The number of nitriles is 1. The first kappa shape index (κ1) is 24.2. The molecule has 7 nitrogen and oxygen atoms in total. The smallest absolute Gasteiger partial charge is 0.360 e. The Morgan fingerprint density at radius 2 is 1.51 bits per heavy atom. The molecule has 4 aromatic rings. The second-order valence-corrected chi connectivity index (χ2v) is 9.78. The minimum atomic E-state index is -1.25. The third kappa shape index (κ3) is 4.95. The number of carboxylic acid groups (broad SMARTS) is 1. The molecule has 0 atom stereocenters. The van der Waals surface area contributed by atoms with E-state index in [1.165, 1.54) is 11.3 Å². The van der Waals surface area contributed by atoms with E-state index in [-0.39, 0.29) is 18.0 Å². The van der Waals surface area contributed by atoms with Crippen molar-refractivity contribution in [3.8, 4) is 6.07 Å². The lowest BCUT2D eigenvalue weighted by Gasteiger charge is -2.36. The van der Waals surface area contributed by atoms with Gasteiger partial charge in [-0.3, -0.25) is 0 Å². The Morgan fingerprint density at radius 1 is 1.00 bits per heavy atom. The van der Waals surface area contributed by atoms with Gasteiger partial charge >= 0.3 is 5.97 Å². The van der Waals surface area contributed by atoms with E-state index in [1.54, 1.807) is 5.38 Å². The van der Waals surface area contributed by atoms with E-state index in [0.29, 0.717) is 5.13 Å². The van der Waals surface area contributed by atoms with Gasteiger partial charge in [-0.15, -0.1) is 11.3 Å². The third-order valence-electron chi connectivity index (χ3n) is 6.45. The van der Waals surface area contributed by atoms with Crippen molar-refractivity contribution >= 4 is 28.1 Å². The molecule has 0 amide bonds. The molecule has 0 radical (unpaired) electrons. The molecule has 1 heterocycles. The zero-order valence-corrected chi connectivity index (χ0v) is 20.7. The largest absolute Gasteiger partial charge is 0.476 e. The molecule has 1 aromatic heterocycles. The second kappa shape index (κ2) is 10.2. The van der Waals surface area contributed by atoms with Crippen LogP contribution in [0, 0.1) is 16.7 Å². The summed E-state index contributed by atoms with van der Waals surface area (Å²) >= 11 is 1.29. The summed E-state index contributed by atoms with van der Waals surface area (Å²) in [5.74, 6) is -1.25.